The molecule has 0 amide bonds. The minimum atomic E-state index is -2.33. The minimum Gasteiger partial charge on any atom is -0.393 e. The van der Waals surface area contributed by atoms with Gasteiger partial charge in [0.25, 0.3) is 0 Å². The van der Waals surface area contributed by atoms with Crippen molar-refractivity contribution in [3.05, 3.63) is 35.5 Å². The average Bonchev–Trinajstić information content (AvgIpc) is 2.89. The Kier molecular flexibility index (Phi) is 4.82. The van der Waals surface area contributed by atoms with Gasteiger partial charge in [0.2, 0.25) is 0 Å². The Morgan fingerprint density at radius 1 is 1.33 bits per heavy atom. The first-order chi connectivity index (χ1) is 14.0. The molecule has 0 aromatic rings. The third kappa shape index (κ3) is 2.56. The zero-order valence-corrected chi connectivity index (χ0v) is 17.1. The molecule has 0 radical (unpaired) electrons. The highest BCUT2D eigenvalue weighted by molar-refractivity contribution is 6.01. The van der Waals surface area contributed by atoms with E-state index >= 15 is 0 Å². The van der Waals surface area contributed by atoms with Crippen molar-refractivity contribution in [2.45, 2.75) is 63.4 Å². The van der Waals surface area contributed by atoms with Crippen LogP contribution in [0.25, 0.3) is 0 Å². The number of fused-ring (bicyclic) bond motifs is 5. The lowest BCUT2D eigenvalue weighted by molar-refractivity contribution is -0.180. The van der Waals surface area contributed by atoms with Gasteiger partial charge < -0.3 is 25.2 Å². The molecular weight excluding hydrogens is 388 g/mol. The Morgan fingerprint density at radius 2 is 2.03 bits per heavy atom. The van der Waals surface area contributed by atoms with E-state index in [0.29, 0.717) is 24.7 Å². The Hall–Kier alpha value is -1.93. The van der Waals surface area contributed by atoms with Crippen LogP contribution < -0.4 is 0 Å². The van der Waals surface area contributed by atoms with E-state index in [1.165, 1.54) is 12.2 Å². The maximum Gasteiger partial charge on any atom is 0.197 e. The number of Topliss-reactive ketones (excluding diaryl/α,β-unsaturated/α-hetero) is 1. The smallest absolute Gasteiger partial charge is 0.197 e. The number of ketones is 2. The molecule has 4 N–H and O–H groups in total. The molecule has 4 rings (SSSR count). The number of carbonyl (C=O) groups excluding carboxylic acids is 3. The number of aldehydes is 1. The zero-order valence-electron chi connectivity index (χ0n) is 17.1. The van der Waals surface area contributed by atoms with Gasteiger partial charge in [0.1, 0.15) is 18.5 Å². The quantitative estimate of drug-likeness (QED) is 0.385. The summed E-state index contributed by atoms with van der Waals surface area (Å²) >= 11 is 0. The van der Waals surface area contributed by atoms with Gasteiger partial charge in [-0.25, -0.2) is 0 Å². The molecule has 2 saturated carbocycles. The van der Waals surface area contributed by atoms with E-state index in [2.05, 4.69) is 0 Å². The molecule has 4 aliphatic carbocycles. The first-order valence-electron chi connectivity index (χ1n) is 10.4. The predicted molar refractivity (Wildman–Crippen MR) is 106 cm³/mol. The van der Waals surface area contributed by atoms with Crippen LogP contribution in [0.2, 0.25) is 0 Å². The highest BCUT2D eigenvalue weighted by atomic mass is 16.4. The predicted octanol–water partition coefficient (Wildman–Crippen LogP) is 0.406. The Morgan fingerprint density at radius 3 is 2.70 bits per heavy atom. The van der Waals surface area contributed by atoms with Crippen molar-refractivity contribution in [1.29, 1.82) is 0 Å². The SMILES string of the molecule is C[C@]12C=CC(=O)C=C1CC[C@H]1C3=CC(O)[C@](O)(C(=O)C(O)CC=O)[C@@]3(C)CC(O)[C@@H]12. The fraction of sp³-hybridized carbons (Fsp3) is 0.609. The van der Waals surface area contributed by atoms with Crippen molar-refractivity contribution >= 4 is 17.9 Å². The van der Waals surface area contributed by atoms with Crippen molar-refractivity contribution < 1.29 is 34.8 Å². The van der Waals surface area contributed by atoms with E-state index in [4.69, 9.17) is 0 Å². The lowest BCUT2D eigenvalue weighted by atomic mass is 9.47. The number of aliphatic hydroxyl groups is 4. The van der Waals surface area contributed by atoms with Crippen LogP contribution in [0.3, 0.4) is 0 Å². The van der Waals surface area contributed by atoms with Gasteiger partial charge in [-0.3, -0.25) is 9.59 Å². The summed E-state index contributed by atoms with van der Waals surface area (Å²) in [7, 11) is 0. The minimum absolute atomic E-state index is 0.0117. The largest absolute Gasteiger partial charge is 0.393 e. The second-order valence-electron chi connectivity index (χ2n) is 9.58. The number of allylic oxidation sites excluding steroid dienone is 4. The molecular formula is C23H28O7. The molecule has 0 saturated heterocycles. The lowest BCUT2D eigenvalue weighted by Crippen LogP contribution is -2.64. The topological polar surface area (TPSA) is 132 Å². The molecule has 162 valence electrons. The van der Waals surface area contributed by atoms with Crippen LogP contribution in [-0.4, -0.2) is 62.2 Å². The molecule has 2 fully saturated rings. The van der Waals surface area contributed by atoms with Crippen LogP contribution >= 0.6 is 0 Å². The molecule has 8 atom stereocenters. The molecule has 30 heavy (non-hydrogen) atoms. The first-order valence-corrected chi connectivity index (χ1v) is 10.4. The molecule has 7 nitrogen and oxygen atoms in total. The lowest BCUT2D eigenvalue weighted by Gasteiger charge is -2.58. The van der Waals surface area contributed by atoms with Gasteiger partial charge in [-0.2, -0.15) is 0 Å². The zero-order chi connectivity index (χ0) is 22.1. The van der Waals surface area contributed by atoms with Crippen molar-refractivity contribution in [3.8, 4) is 0 Å². The standard InChI is InChI=1S/C23H28O7/c1-21-7-5-13(25)9-12(21)3-4-14-15-10-18(28)23(30,20(29)16(26)6-8-24)22(15,2)11-17(27)19(14)21/h5,7-10,14,16-19,26-28,30H,3-4,6,11H2,1-2H3/t14-,16?,17?,18?,19+,21-,22-,23-/m0/s1. The molecule has 0 aliphatic heterocycles. The van der Waals surface area contributed by atoms with Gasteiger partial charge in [-0.1, -0.05) is 37.1 Å². The van der Waals surface area contributed by atoms with Crippen LogP contribution in [0.15, 0.2) is 35.5 Å². The van der Waals surface area contributed by atoms with Crippen molar-refractivity contribution in [2.75, 3.05) is 0 Å². The summed E-state index contributed by atoms with van der Waals surface area (Å²) < 4.78 is 0. The second kappa shape index (κ2) is 6.79. The summed E-state index contributed by atoms with van der Waals surface area (Å²) in [4.78, 5) is 35.6. The highest BCUT2D eigenvalue weighted by Crippen LogP contribution is 2.65. The maximum atomic E-state index is 12.9. The van der Waals surface area contributed by atoms with Gasteiger partial charge in [0.15, 0.2) is 17.2 Å². The van der Waals surface area contributed by atoms with Gasteiger partial charge in [0, 0.05) is 23.2 Å². The van der Waals surface area contributed by atoms with E-state index in [1.54, 1.807) is 13.0 Å². The molecule has 3 unspecified atom stereocenters. The summed E-state index contributed by atoms with van der Waals surface area (Å²) in [6.45, 7) is 3.62. The molecule has 0 aromatic carbocycles. The fourth-order valence-electron chi connectivity index (χ4n) is 6.57. The van der Waals surface area contributed by atoms with Crippen molar-refractivity contribution in [1.82, 2.24) is 0 Å². The maximum absolute atomic E-state index is 12.9. The number of hydrogen-bond acceptors (Lipinski definition) is 7. The molecule has 0 aromatic heterocycles. The summed E-state index contributed by atoms with van der Waals surface area (Å²) in [5, 5.41) is 43.5. The summed E-state index contributed by atoms with van der Waals surface area (Å²) in [6, 6.07) is 0. The fourth-order valence-corrected chi connectivity index (χ4v) is 6.57. The Labute approximate surface area is 174 Å². The van der Waals surface area contributed by atoms with E-state index in [0.717, 1.165) is 5.57 Å². The van der Waals surface area contributed by atoms with Gasteiger partial charge in [-0.15, -0.1) is 0 Å². The summed E-state index contributed by atoms with van der Waals surface area (Å²) in [5.41, 5.74) is -2.48. The van der Waals surface area contributed by atoms with E-state index in [1.807, 2.05) is 13.0 Å². The Bertz CT molecular complexity index is 901. The number of carbonyl (C=O) groups is 3. The highest BCUT2D eigenvalue weighted by Gasteiger charge is 2.68. The third-order valence-electron chi connectivity index (χ3n) is 8.13. The van der Waals surface area contributed by atoms with E-state index < -0.39 is 46.9 Å². The molecule has 4 aliphatic rings. The number of aliphatic hydroxyl groups excluding tert-OH is 3. The molecule has 0 bridgehead atoms. The van der Waals surface area contributed by atoms with Crippen LogP contribution in [0.5, 0.6) is 0 Å². The first kappa shape index (κ1) is 21.3. The van der Waals surface area contributed by atoms with Crippen LogP contribution in [0, 0.1) is 22.7 Å². The van der Waals surface area contributed by atoms with Crippen molar-refractivity contribution in [2.24, 2.45) is 22.7 Å². The molecule has 0 spiro atoms. The summed E-state index contributed by atoms with van der Waals surface area (Å²) in [6.07, 6.45) is 3.46. The van der Waals surface area contributed by atoms with Crippen molar-refractivity contribution in [3.63, 3.8) is 0 Å². The van der Waals surface area contributed by atoms with Crippen LogP contribution in [-0.2, 0) is 14.4 Å². The van der Waals surface area contributed by atoms with E-state index in [-0.39, 0.29) is 24.0 Å². The third-order valence-corrected chi connectivity index (χ3v) is 8.13. The molecule has 0 heterocycles. The second-order valence-corrected chi connectivity index (χ2v) is 9.58. The van der Waals surface area contributed by atoms with Gasteiger partial charge in [0.05, 0.1) is 6.10 Å². The number of rotatable bonds is 4. The number of hydrogen-bond donors (Lipinski definition) is 4. The normalized spacial score (nSPS) is 45.6. The Balaban J connectivity index is 1.76. The monoisotopic (exact) mass is 416 g/mol. The van der Waals surface area contributed by atoms with Crippen LogP contribution in [0.1, 0.15) is 39.5 Å². The van der Waals surface area contributed by atoms with Gasteiger partial charge in [-0.05, 0) is 37.3 Å². The van der Waals surface area contributed by atoms with Gasteiger partial charge >= 0.3 is 0 Å². The van der Waals surface area contributed by atoms with E-state index in [9.17, 15) is 34.8 Å². The average molecular weight is 416 g/mol. The molecule has 7 heteroatoms. The van der Waals surface area contributed by atoms with Crippen LogP contribution in [0.4, 0.5) is 0 Å². The summed E-state index contributed by atoms with van der Waals surface area (Å²) in [5.74, 6) is -1.56.